The number of carbonyl (C=O) groups is 3. The fraction of sp³-hybridized carbons (Fsp3) is 0.381. The molecule has 2 aliphatic rings. The molecule has 0 saturated carbocycles. The Morgan fingerprint density at radius 3 is 2.44 bits per heavy atom. The third-order valence-electron chi connectivity index (χ3n) is 4.81. The van der Waals surface area contributed by atoms with Crippen molar-refractivity contribution in [1.82, 2.24) is 5.32 Å². The molecule has 0 radical (unpaired) electrons. The molecule has 3 rings (SSSR count). The van der Waals surface area contributed by atoms with Gasteiger partial charge in [0.1, 0.15) is 5.92 Å². The molecule has 142 valence electrons. The number of esters is 2. The van der Waals surface area contributed by atoms with E-state index in [2.05, 4.69) is 5.32 Å². The summed E-state index contributed by atoms with van der Waals surface area (Å²) in [5.41, 5.74) is 2.19. The van der Waals surface area contributed by atoms with Crippen molar-refractivity contribution in [3.05, 3.63) is 58.9 Å². The van der Waals surface area contributed by atoms with Gasteiger partial charge in [-0.1, -0.05) is 30.3 Å². The molecule has 1 heterocycles. The van der Waals surface area contributed by atoms with Gasteiger partial charge in [-0.2, -0.15) is 0 Å². The van der Waals surface area contributed by atoms with E-state index in [1.807, 2.05) is 30.3 Å². The molecule has 1 aromatic rings. The normalized spacial score (nSPS) is 21.7. The van der Waals surface area contributed by atoms with Gasteiger partial charge in [0.05, 0.1) is 18.8 Å². The molecule has 1 aliphatic heterocycles. The second-order valence-electron chi connectivity index (χ2n) is 6.48. The van der Waals surface area contributed by atoms with Crippen LogP contribution in [0.15, 0.2) is 53.4 Å². The monoisotopic (exact) mass is 369 g/mol. The first-order valence-electron chi connectivity index (χ1n) is 9.18. The maximum absolute atomic E-state index is 13.0. The highest BCUT2D eigenvalue weighted by molar-refractivity contribution is 6.08. The molecular weight excluding hydrogens is 346 g/mol. The Bertz CT molecular complexity index is 809. The van der Waals surface area contributed by atoms with Gasteiger partial charge in [0.2, 0.25) is 0 Å². The van der Waals surface area contributed by atoms with E-state index in [4.69, 9.17) is 9.47 Å². The molecule has 1 aromatic carbocycles. The van der Waals surface area contributed by atoms with E-state index < -0.39 is 17.9 Å². The van der Waals surface area contributed by atoms with Crippen LogP contribution in [0, 0.1) is 5.92 Å². The SMILES string of the molecule is CCOC(=O)C1=CNC2=C(C(=O)CC(c3ccccc3)C2)C1C(=O)OCC. The topological polar surface area (TPSA) is 81.7 Å². The van der Waals surface area contributed by atoms with Crippen molar-refractivity contribution < 1.29 is 23.9 Å². The van der Waals surface area contributed by atoms with Gasteiger partial charge in [-0.05, 0) is 31.7 Å². The van der Waals surface area contributed by atoms with Gasteiger partial charge in [0.15, 0.2) is 5.78 Å². The second-order valence-corrected chi connectivity index (χ2v) is 6.48. The molecule has 1 N–H and O–H groups in total. The second kappa shape index (κ2) is 8.20. The molecule has 0 fully saturated rings. The summed E-state index contributed by atoms with van der Waals surface area (Å²) >= 11 is 0. The molecule has 0 spiro atoms. The average molecular weight is 369 g/mol. The zero-order valence-corrected chi connectivity index (χ0v) is 15.5. The zero-order valence-electron chi connectivity index (χ0n) is 15.5. The number of rotatable bonds is 5. The first-order valence-corrected chi connectivity index (χ1v) is 9.18. The van der Waals surface area contributed by atoms with E-state index in [1.54, 1.807) is 13.8 Å². The number of nitrogens with one attached hydrogen (secondary N) is 1. The highest BCUT2D eigenvalue weighted by atomic mass is 16.5. The van der Waals surface area contributed by atoms with Crippen LogP contribution >= 0.6 is 0 Å². The van der Waals surface area contributed by atoms with E-state index in [9.17, 15) is 14.4 Å². The molecule has 0 bridgehead atoms. The first kappa shape index (κ1) is 18.9. The third-order valence-corrected chi connectivity index (χ3v) is 4.81. The summed E-state index contributed by atoms with van der Waals surface area (Å²) in [7, 11) is 0. The summed E-state index contributed by atoms with van der Waals surface area (Å²) in [5.74, 6) is -2.37. The minimum Gasteiger partial charge on any atom is -0.465 e. The summed E-state index contributed by atoms with van der Waals surface area (Å²) in [4.78, 5) is 37.9. The van der Waals surface area contributed by atoms with Crippen LogP contribution in [0.3, 0.4) is 0 Å². The minimum atomic E-state index is -1.04. The van der Waals surface area contributed by atoms with Crippen LogP contribution in [0.5, 0.6) is 0 Å². The Morgan fingerprint density at radius 2 is 1.78 bits per heavy atom. The lowest BCUT2D eigenvalue weighted by Crippen LogP contribution is -2.38. The molecule has 2 atom stereocenters. The van der Waals surface area contributed by atoms with Gasteiger partial charge in [0.25, 0.3) is 0 Å². The zero-order chi connectivity index (χ0) is 19.4. The number of ether oxygens (including phenoxy) is 2. The summed E-state index contributed by atoms with van der Waals surface area (Å²) in [5, 5.41) is 3.06. The van der Waals surface area contributed by atoms with Crippen molar-refractivity contribution in [1.29, 1.82) is 0 Å². The van der Waals surface area contributed by atoms with Crippen molar-refractivity contribution in [2.24, 2.45) is 5.92 Å². The van der Waals surface area contributed by atoms with Crippen LogP contribution in [0.4, 0.5) is 0 Å². The molecule has 27 heavy (non-hydrogen) atoms. The smallest absolute Gasteiger partial charge is 0.336 e. The lowest BCUT2D eigenvalue weighted by Gasteiger charge is -2.33. The summed E-state index contributed by atoms with van der Waals surface area (Å²) in [6.45, 7) is 3.73. The number of dihydropyridines is 1. The Labute approximate surface area is 158 Å². The standard InChI is InChI=1S/C21H23NO5/c1-3-26-20(24)15-12-22-16-10-14(13-8-6-5-7-9-13)11-17(23)19(16)18(15)21(25)27-4-2/h5-9,12,14,18,22H,3-4,10-11H2,1-2H3. The van der Waals surface area contributed by atoms with Crippen LogP contribution < -0.4 is 5.32 Å². The summed E-state index contributed by atoms with van der Waals surface area (Å²) in [6, 6.07) is 9.81. The number of Topliss-reactive ketones (excluding diaryl/α,β-unsaturated/α-hetero) is 1. The summed E-state index contributed by atoms with van der Waals surface area (Å²) < 4.78 is 10.2. The largest absolute Gasteiger partial charge is 0.465 e. The first-order chi connectivity index (χ1) is 13.1. The van der Waals surface area contributed by atoms with Crippen LogP contribution in [-0.2, 0) is 23.9 Å². The van der Waals surface area contributed by atoms with Crippen molar-refractivity contribution in [3.8, 4) is 0 Å². The average Bonchev–Trinajstić information content (AvgIpc) is 2.68. The molecule has 6 nitrogen and oxygen atoms in total. The van der Waals surface area contributed by atoms with E-state index in [-0.39, 0.29) is 36.9 Å². The number of ketones is 1. The van der Waals surface area contributed by atoms with Gasteiger partial charge in [-0.15, -0.1) is 0 Å². The number of hydrogen-bond donors (Lipinski definition) is 1. The third kappa shape index (κ3) is 3.79. The maximum Gasteiger partial charge on any atom is 0.336 e. The Morgan fingerprint density at radius 1 is 1.07 bits per heavy atom. The maximum atomic E-state index is 13.0. The fourth-order valence-corrected chi connectivity index (χ4v) is 3.63. The molecule has 0 amide bonds. The van der Waals surface area contributed by atoms with E-state index >= 15 is 0 Å². The van der Waals surface area contributed by atoms with Crippen LogP contribution in [0.25, 0.3) is 0 Å². The van der Waals surface area contributed by atoms with Crippen LogP contribution in [0.2, 0.25) is 0 Å². The van der Waals surface area contributed by atoms with Gasteiger partial charge < -0.3 is 14.8 Å². The minimum absolute atomic E-state index is 0.0327. The Kier molecular flexibility index (Phi) is 5.74. The van der Waals surface area contributed by atoms with Crippen LogP contribution in [0.1, 0.15) is 38.2 Å². The van der Waals surface area contributed by atoms with Crippen molar-refractivity contribution in [2.45, 2.75) is 32.6 Å². The molecular formula is C21H23NO5. The highest BCUT2D eigenvalue weighted by Crippen LogP contribution is 2.40. The van der Waals surface area contributed by atoms with Crippen molar-refractivity contribution in [3.63, 3.8) is 0 Å². The summed E-state index contributed by atoms with van der Waals surface area (Å²) in [6.07, 6.45) is 2.35. The quantitative estimate of drug-likeness (QED) is 0.804. The van der Waals surface area contributed by atoms with Gasteiger partial charge in [-0.3, -0.25) is 9.59 Å². The van der Waals surface area contributed by atoms with Gasteiger partial charge in [-0.25, -0.2) is 4.79 Å². The van der Waals surface area contributed by atoms with Crippen molar-refractivity contribution >= 4 is 17.7 Å². The number of benzene rings is 1. The Balaban J connectivity index is 1.95. The highest BCUT2D eigenvalue weighted by Gasteiger charge is 2.43. The molecule has 0 aromatic heterocycles. The van der Waals surface area contributed by atoms with Crippen LogP contribution in [-0.4, -0.2) is 30.9 Å². The fourth-order valence-electron chi connectivity index (χ4n) is 3.63. The number of allylic oxidation sites excluding steroid dienone is 1. The molecule has 6 heteroatoms. The number of carbonyl (C=O) groups excluding carboxylic acids is 3. The lowest BCUT2D eigenvalue weighted by atomic mass is 9.75. The van der Waals surface area contributed by atoms with Crippen molar-refractivity contribution in [2.75, 3.05) is 13.2 Å². The Hall–Kier alpha value is -2.89. The predicted molar refractivity (Wildman–Crippen MR) is 98.4 cm³/mol. The van der Waals surface area contributed by atoms with Gasteiger partial charge in [0, 0.05) is 23.9 Å². The lowest BCUT2D eigenvalue weighted by molar-refractivity contribution is -0.149. The molecule has 2 unspecified atom stereocenters. The number of hydrogen-bond acceptors (Lipinski definition) is 6. The molecule has 0 saturated heterocycles. The van der Waals surface area contributed by atoms with E-state index in [1.165, 1.54) is 6.20 Å². The van der Waals surface area contributed by atoms with E-state index in [0.29, 0.717) is 17.7 Å². The van der Waals surface area contributed by atoms with E-state index in [0.717, 1.165) is 5.56 Å². The predicted octanol–water partition coefficient (Wildman–Crippen LogP) is 2.62. The van der Waals surface area contributed by atoms with Gasteiger partial charge >= 0.3 is 11.9 Å². The molecule has 1 aliphatic carbocycles.